The number of thioether (sulfide) groups is 1. The van der Waals surface area contributed by atoms with Gasteiger partial charge in [0.25, 0.3) is 0 Å². The maximum absolute atomic E-state index is 6.01. The van der Waals surface area contributed by atoms with Crippen molar-refractivity contribution in [3.63, 3.8) is 0 Å². The van der Waals surface area contributed by atoms with Crippen molar-refractivity contribution in [3.8, 4) is 0 Å². The molecule has 0 fully saturated rings. The summed E-state index contributed by atoms with van der Waals surface area (Å²) in [7, 11) is 0. The number of hydrogen-bond donors (Lipinski definition) is 0. The van der Waals surface area contributed by atoms with Crippen molar-refractivity contribution in [2.45, 2.75) is 16.1 Å². The van der Waals surface area contributed by atoms with Crippen LogP contribution in [0.2, 0.25) is 0 Å². The van der Waals surface area contributed by atoms with Crippen LogP contribution in [0.1, 0.15) is 11.5 Å². The Bertz CT molecular complexity index is 479. The molecule has 3 rings (SSSR count). The van der Waals surface area contributed by atoms with E-state index >= 15 is 0 Å². The van der Waals surface area contributed by atoms with E-state index in [1.165, 1.54) is 10.5 Å². The zero-order chi connectivity index (χ0) is 10.4. The number of fused-ring (bicyclic) bond motifs is 3. The number of benzene rings is 1. The molecular weight excluding hydrogens is 292 g/mol. The Morgan fingerprint density at radius 2 is 2.20 bits per heavy atom. The highest BCUT2D eigenvalue weighted by Gasteiger charge is 2.31. The summed E-state index contributed by atoms with van der Waals surface area (Å²) in [5, 5.41) is 1.34. The summed E-state index contributed by atoms with van der Waals surface area (Å²) in [5.41, 5.74) is 1.41. The lowest BCUT2D eigenvalue weighted by atomic mass is 9.93. The van der Waals surface area contributed by atoms with Gasteiger partial charge in [-0.2, -0.15) is 0 Å². The van der Waals surface area contributed by atoms with E-state index in [4.69, 9.17) is 11.6 Å². The first-order valence-electron chi connectivity index (χ1n) is 4.76. The molecule has 2 atom stereocenters. The minimum absolute atomic E-state index is 0.479. The van der Waals surface area contributed by atoms with Crippen molar-refractivity contribution in [1.29, 1.82) is 0 Å². The van der Waals surface area contributed by atoms with Gasteiger partial charge in [0.05, 0.1) is 0 Å². The van der Waals surface area contributed by atoms with Crippen molar-refractivity contribution in [1.82, 2.24) is 0 Å². The van der Waals surface area contributed by atoms with Gasteiger partial charge in [0.1, 0.15) is 0 Å². The predicted molar refractivity (Wildman–Crippen MR) is 69.6 cm³/mol. The molecule has 1 aromatic carbocycles. The molecule has 1 aliphatic heterocycles. The van der Waals surface area contributed by atoms with Crippen LogP contribution in [-0.2, 0) is 0 Å². The van der Waals surface area contributed by atoms with Crippen molar-refractivity contribution in [2.24, 2.45) is 0 Å². The minimum Gasteiger partial charge on any atom is -0.117 e. The quantitative estimate of drug-likeness (QED) is 0.669. The van der Waals surface area contributed by atoms with Gasteiger partial charge in [0, 0.05) is 25.6 Å². The fourth-order valence-corrected chi connectivity index (χ4v) is 4.07. The summed E-state index contributed by atoms with van der Waals surface area (Å²) in [6.45, 7) is 0. The van der Waals surface area contributed by atoms with E-state index in [1.807, 2.05) is 17.8 Å². The van der Waals surface area contributed by atoms with Gasteiger partial charge >= 0.3 is 0 Å². The molecule has 2 unspecified atom stereocenters. The topological polar surface area (TPSA) is 0 Å². The van der Waals surface area contributed by atoms with Crippen molar-refractivity contribution >= 4 is 39.3 Å². The first-order valence-corrected chi connectivity index (χ1v) is 6.81. The van der Waals surface area contributed by atoms with Crippen LogP contribution in [0.25, 0.3) is 0 Å². The summed E-state index contributed by atoms with van der Waals surface area (Å²) < 4.78 is 1.15. The van der Waals surface area contributed by atoms with Crippen molar-refractivity contribution in [3.05, 3.63) is 51.5 Å². The van der Waals surface area contributed by atoms with E-state index in [0.29, 0.717) is 11.2 Å². The highest BCUT2D eigenvalue weighted by molar-refractivity contribution is 9.10. The largest absolute Gasteiger partial charge is 0.117 e. The van der Waals surface area contributed by atoms with Gasteiger partial charge < -0.3 is 0 Å². The third-order valence-corrected chi connectivity index (χ3v) is 4.81. The molecule has 1 aliphatic carbocycles. The molecule has 0 spiro atoms. The highest BCUT2D eigenvalue weighted by atomic mass is 79.9. The fourth-order valence-electron chi connectivity index (χ4n) is 2.04. The molecule has 0 saturated heterocycles. The summed E-state index contributed by atoms with van der Waals surface area (Å²) in [6, 6.07) is 6.49. The second-order valence-electron chi connectivity index (χ2n) is 3.70. The normalized spacial score (nSPS) is 27.2. The molecule has 76 valence electrons. The Kier molecular flexibility index (Phi) is 2.46. The molecule has 0 N–H and O–H groups in total. The lowest BCUT2D eigenvalue weighted by Gasteiger charge is -2.16. The molecule has 15 heavy (non-hydrogen) atoms. The van der Waals surface area contributed by atoms with Crippen LogP contribution in [0.3, 0.4) is 0 Å². The van der Waals surface area contributed by atoms with Gasteiger partial charge in [-0.25, -0.2) is 0 Å². The maximum Gasteiger partial charge on any atom is 0.0395 e. The van der Waals surface area contributed by atoms with Crippen molar-refractivity contribution in [2.75, 3.05) is 0 Å². The van der Waals surface area contributed by atoms with E-state index in [9.17, 15) is 0 Å². The highest BCUT2D eigenvalue weighted by Crippen LogP contribution is 2.49. The average molecular weight is 300 g/mol. The zero-order valence-corrected chi connectivity index (χ0v) is 10.9. The Morgan fingerprint density at radius 1 is 1.33 bits per heavy atom. The van der Waals surface area contributed by atoms with E-state index in [2.05, 4.69) is 46.3 Å². The van der Waals surface area contributed by atoms with Crippen LogP contribution in [0.4, 0.5) is 0 Å². The maximum atomic E-state index is 6.01. The second kappa shape index (κ2) is 3.69. The summed E-state index contributed by atoms with van der Waals surface area (Å²) in [4.78, 5) is 1.38. The molecule has 0 aromatic heterocycles. The molecular formula is C12H8BrClS. The lowest BCUT2D eigenvalue weighted by Crippen LogP contribution is -2.07. The molecule has 2 aliphatic rings. The van der Waals surface area contributed by atoms with Gasteiger partial charge in [-0.3, -0.25) is 0 Å². The molecule has 0 nitrogen and oxygen atoms in total. The van der Waals surface area contributed by atoms with Crippen LogP contribution < -0.4 is 0 Å². The Hall–Kier alpha value is -0.180. The zero-order valence-electron chi connectivity index (χ0n) is 7.78. The standard InChI is InChI=1S/C12H8BrClS/c13-7-1-4-11-10(5-7)9-3-2-8(14)6-12(9)15-11/h1-6,9,12H. The summed E-state index contributed by atoms with van der Waals surface area (Å²) in [5.74, 6) is 0.491. The molecule has 0 radical (unpaired) electrons. The van der Waals surface area contributed by atoms with Crippen LogP contribution in [0.5, 0.6) is 0 Å². The van der Waals surface area contributed by atoms with Gasteiger partial charge in [-0.15, -0.1) is 11.8 Å². The van der Waals surface area contributed by atoms with Gasteiger partial charge in [-0.1, -0.05) is 39.7 Å². The van der Waals surface area contributed by atoms with Crippen molar-refractivity contribution < 1.29 is 0 Å². The Labute approximate surface area is 107 Å². The number of allylic oxidation sites excluding steroid dienone is 3. The summed E-state index contributed by atoms with van der Waals surface area (Å²) >= 11 is 11.4. The van der Waals surface area contributed by atoms with E-state index in [1.54, 1.807) is 0 Å². The summed E-state index contributed by atoms with van der Waals surface area (Å²) in [6.07, 6.45) is 6.35. The van der Waals surface area contributed by atoms with Crippen LogP contribution in [-0.4, -0.2) is 5.25 Å². The molecule has 0 amide bonds. The predicted octanol–water partition coefficient (Wildman–Crippen LogP) is 4.70. The minimum atomic E-state index is 0.479. The number of hydrogen-bond acceptors (Lipinski definition) is 1. The number of rotatable bonds is 0. The van der Waals surface area contributed by atoms with Gasteiger partial charge in [-0.05, 0) is 29.8 Å². The Morgan fingerprint density at radius 3 is 3.07 bits per heavy atom. The number of halogens is 2. The SMILES string of the molecule is ClC1=CC2Sc3ccc(Br)cc3C2C=C1. The molecule has 1 heterocycles. The smallest absolute Gasteiger partial charge is 0.0395 e. The van der Waals surface area contributed by atoms with E-state index in [0.717, 1.165) is 9.51 Å². The molecule has 0 saturated carbocycles. The average Bonchev–Trinajstić information content (AvgIpc) is 2.54. The molecule has 0 bridgehead atoms. The third-order valence-electron chi connectivity index (χ3n) is 2.73. The molecule has 1 aromatic rings. The van der Waals surface area contributed by atoms with Crippen LogP contribution in [0.15, 0.2) is 50.8 Å². The van der Waals surface area contributed by atoms with E-state index < -0.39 is 0 Å². The lowest BCUT2D eigenvalue weighted by molar-refractivity contribution is 0.877. The van der Waals surface area contributed by atoms with E-state index in [-0.39, 0.29) is 0 Å². The molecule has 3 heteroatoms. The fraction of sp³-hybridized carbons (Fsp3) is 0.167. The first-order chi connectivity index (χ1) is 7.24. The van der Waals surface area contributed by atoms with Gasteiger partial charge in [0.15, 0.2) is 0 Å². The van der Waals surface area contributed by atoms with Gasteiger partial charge in [0.2, 0.25) is 0 Å². The van der Waals surface area contributed by atoms with Crippen LogP contribution in [0, 0.1) is 0 Å². The first kappa shape index (κ1) is 10.0. The third kappa shape index (κ3) is 1.69. The van der Waals surface area contributed by atoms with Crippen LogP contribution >= 0.6 is 39.3 Å². The monoisotopic (exact) mass is 298 g/mol. The second-order valence-corrected chi connectivity index (χ2v) is 6.27. The Balaban J connectivity index is 2.08.